The van der Waals surface area contributed by atoms with Gasteiger partial charge in [0, 0.05) is 52.0 Å². The van der Waals surface area contributed by atoms with Crippen molar-refractivity contribution in [2.75, 3.05) is 52.7 Å². The molecule has 1 unspecified atom stereocenters. The van der Waals surface area contributed by atoms with Crippen LogP contribution in [0.1, 0.15) is 98.3 Å². The minimum atomic E-state index is -0.956. The van der Waals surface area contributed by atoms with Crippen LogP contribution in [0.15, 0.2) is 0 Å². The largest absolute Gasteiger partial charge is 0.396 e. The molecule has 0 bridgehead atoms. The first-order valence-corrected chi connectivity index (χ1v) is 13.0. The molecule has 2 N–H and O–H groups in total. The molecule has 0 spiro atoms. The van der Waals surface area contributed by atoms with Gasteiger partial charge in [-0.3, -0.25) is 0 Å². The van der Waals surface area contributed by atoms with Crippen molar-refractivity contribution in [1.29, 1.82) is 0 Å². The minimum Gasteiger partial charge on any atom is -0.396 e. The molecular formula is C25H53NO5. The molecule has 0 radical (unpaired) electrons. The maximum atomic E-state index is 9.19. The van der Waals surface area contributed by atoms with E-state index < -0.39 is 5.97 Å². The summed E-state index contributed by atoms with van der Waals surface area (Å²) in [5.41, 5.74) is 0. The molecule has 0 saturated carbocycles. The van der Waals surface area contributed by atoms with Gasteiger partial charge >= 0.3 is 0 Å². The standard InChI is InChI=1S/C25H53NO5/c1-5-9-10-11-12-13-17-24(25(29-6-2,30-7-3)31-8-4)18-14-19-26(20-15-22-27)21-16-23-28/h24,27-28H,5-23H2,1-4H3. The molecule has 0 aliphatic carbocycles. The Kier molecular flexibility index (Phi) is 21.4. The molecule has 1 atom stereocenters. The van der Waals surface area contributed by atoms with Crippen LogP contribution in [0.5, 0.6) is 0 Å². The number of rotatable bonds is 24. The molecule has 6 nitrogen and oxygen atoms in total. The Morgan fingerprint density at radius 3 is 1.55 bits per heavy atom. The van der Waals surface area contributed by atoms with Gasteiger partial charge in [-0.2, -0.15) is 0 Å². The molecule has 0 fully saturated rings. The molecule has 0 aromatic rings. The van der Waals surface area contributed by atoms with Gasteiger partial charge in [0.2, 0.25) is 0 Å². The fraction of sp³-hybridized carbons (Fsp3) is 1.00. The first kappa shape index (κ1) is 30.8. The highest BCUT2D eigenvalue weighted by Crippen LogP contribution is 2.34. The lowest BCUT2D eigenvalue weighted by molar-refractivity contribution is -0.403. The molecule has 0 heterocycles. The number of aliphatic hydroxyl groups excluding tert-OH is 2. The van der Waals surface area contributed by atoms with E-state index in [0.29, 0.717) is 19.8 Å². The lowest BCUT2D eigenvalue weighted by Gasteiger charge is -2.39. The molecule has 0 amide bonds. The highest BCUT2D eigenvalue weighted by Gasteiger charge is 2.41. The Morgan fingerprint density at radius 2 is 1.06 bits per heavy atom. The quantitative estimate of drug-likeness (QED) is 0.161. The summed E-state index contributed by atoms with van der Waals surface area (Å²) in [6, 6.07) is 0. The summed E-state index contributed by atoms with van der Waals surface area (Å²) in [6.45, 7) is 13.0. The number of aliphatic hydroxyl groups is 2. The van der Waals surface area contributed by atoms with Crippen LogP contribution in [-0.4, -0.2) is 73.8 Å². The molecule has 31 heavy (non-hydrogen) atoms. The van der Waals surface area contributed by atoms with Gasteiger partial charge in [-0.25, -0.2) is 0 Å². The fourth-order valence-electron chi connectivity index (χ4n) is 4.24. The Hall–Kier alpha value is -0.240. The van der Waals surface area contributed by atoms with E-state index in [2.05, 4.69) is 11.8 Å². The monoisotopic (exact) mass is 447 g/mol. The second kappa shape index (κ2) is 21.6. The summed E-state index contributed by atoms with van der Waals surface area (Å²) >= 11 is 0. The van der Waals surface area contributed by atoms with E-state index >= 15 is 0 Å². The number of hydrogen-bond acceptors (Lipinski definition) is 6. The van der Waals surface area contributed by atoms with Gasteiger partial charge in [0.1, 0.15) is 0 Å². The third kappa shape index (κ3) is 14.5. The van der Waals surface area contributed by atoms with Crippen LogP contribution in [-0.2, 0) is 14.2 Å². The summed E-state index contributed by atoms with van der Waals surface area (Å²) < 4.78 is 18.4. The zero-order chi connectivity index (χ0) is 23.2. The first-order chi connectivity index (χ1) is 15.1. The normalized spacial score (nSPS) is 13.3. The van der Waals surface area contributed by atoms with Crippen molar-refractivity contribution in [2.45, 2.75) is 104 Å². The summed E-state index contributed by atoms with van der Waals surface area (Å²) in [5.74, 6) is -0.765. The van der Waals surface area contributed by atoms with Crippen molar-refractivity contribution in [3.8, 4) is 0 Å². The fourth-order valence-corrected chi connectivity index (χ4v) is 4.24. The van der Waals surface area contributed by atoms with E-state index in [1.807, 2.05) is 20.8 Å². The average molecular weight is 448 g/mol. The third-order valence-corrected chi connectivity index (χ3v) is 5.73. The maximum absolute atomic E-state index is 9.19. The molecule has 0 aromatic carbocycles. The predicted molar refractivity (Wildman–Crippen MR) is 128 cm³/mol. The average Bonchev–Trinajstić information content (AvgIpc) is 2.76. The van der Waals surface area contributed by atoms with Crippen LogP contribution in [0.2, 0.25) is 0 Å². The number of unbranched alkanes of at least 4 members (excludes halogenated alkanes) is 5. The molecule has 6 heteroatoms. The smallest absolute Gasteiger partial charge is 0.285 e. The van der Waals surface area contributed by atoms with Crippen molar-refractivity contribution >= 4 is 0 Å². The number of nitrogens with zero attached hydrogens (tertiary/aromatic N) is 1. The molecule has 0 rings (SSSR count). The SMILES string of the molecule is CCCCCCCCC(CCCN(CCCO)CCCO)C(OCC)(OCC)OCC. The van der Waals surface area contributed by atoms with E-state index in [9.17, 15) is 10.2 Å². The Labute approximate surface area is 192 Å². The zero-order valence-electron chi connectivity index (χ0n) is 21.1. The maximum Gasteiger partial charge on any atom is 0.285 e. The van der Waals surface area contributed by atoms with Crippen molar-refractivity contribution in [3.05, 3.63) is 0 Å². The van der Waals surface area contributed by atoms with E-state index in [1.54, 1.807) is 0 Å². The van der Waals surface area contributed by atoms with Crippen LogP contribution in [0.25, 0.3) is 0 Å². The molecule has 0 aliphatic heterocycles. The summed E-state index contributed by atoms with van der Waals surface area (Å²) in [5, 5.41) is 18.4. The van der Waals surface area contributed by atoms with Crippen LogP contribution in [0, 0.1) is 5.92 Å². The first-order valence-electron chi connectivity index (χ1n) is 13.0. The second-order valence-electron chi connectivity index (χ2n) is 8.29. The van der Waals surface area contributed by atoms with E-state index in [-0.39, 0.29) is 19.1 Å². The molecule has 0 saturated heterocycles. The highest BCUT2D eigenvalue weighted by molar-refractivity contribution is 4.74. The number of hydrogen-bond donors (Lipinski definition) is 2. The minimum absolute atomic E-state index is 0.191. The molecule has 188 valence electrons. The van der Waals surface area contributed by atoms with Crippen LogP contribution in [0.3, 0.4) is 0 Å². The van der Waals surface area contributed by atoms with Gasteiger partial charge in [0.05, 0.1) is 0 Å². The molecule has 0 aliphatic rings. The lowest BCUT2D eigenvalue weighted by atomic mass is 9.92. The summed E-state index contributed by atoms with van der Waals surface area (Å²) in [7, 11) is 0. The van der Waals surface area contributed by atoms with Gasteiger partial charge in [-0.15, -0.1) is 0 Å². The summed E-state index contributed by atoms with van der Waals surface area (Å²) in [4.78, 5) is 2.35. The number of ether oxygens (including phenoxy) is 3. The van der Waals surface area contributed by atoms with Gasteiger partial charge in [0.15, 0.2) is 0 Å². The third-order valence-electron chi connectivity index (χ3n) is 5.73. The van der Waals surface area contributed by atoms with E-state index in [1.165, 1.54) is 38.5 Å². The van der Waals surface area contributed by atoms with Crippen molar-refractivity contribution in [3.63, 3.8) is 0 Å². The van der Waals surface area contributed by atoms with Gasteiger partial charge in [-0.1, -0.05) is 45.4 Å². The van der Waals surface area contributed by atoms with E-state index in [0.717, 1.165) is 51.7 Å². The molecular weight excluding hydrogens is 394 g/mol. The van der Waals surface area contributed by atoms with Gasteiger partial charge < -0.3 is 29.3 Å². The Bertz CT molecular complexity index is 345. The van der Waals surface area contributed by atoms with Gasteiger partial charge in [-0.05, 0) is 59.4 Å². The topological polar surface area (TPSA) is 71.4 Å². The molecule has 0 aromatic heterocycles. The van der Waals surface area contributed by atoms with Crippen molar-refractivity contribution in [1.82, 2.24) is 4.90 Å². The van der Waals surface area contributed by atoms with Gasteiger partial charge in [0.25, 0.3) is 5.97 Å². The summed E-state index contributed by atoms with van der Waals surface area (Å²) in [6.07, 6.45) is 12.2. The van der Waals surface area contributed by atoms with Crippen LogP contribution in [0.4, 0.5) is 0 Å². The zero-order valence-corrected chi connectivity index (χ0v) is 21.1. The van der Waals surface area contributed by atoms with Crippen molar-refractivity contribution < 1.29 is 24.4 Å². The van der Waals surface area contributed by atoms with Crippen LogP contribution < -0.4 is 0 Å². The van der Waals surface area contributed by atoms with E-state index in [4.69, 9.17) is 14.2 Å². The predicted octanol–water partition coefficient (Wildman–Crippen LogP) is 4.96. The Balaban J connectivity index is 5.03. The van der Waals surface area contributed by atoms with Crippen LogP contribution >= 0.6 is 0 Å². The lowest BCUT2D eigenvalue weighted by Crippen LogP contribution is -2.47. The Morgan fingerprint density at radius 1 is 0.613 bits per heavy atom. The highest BCUT2D eigenvalue weighted by atomic mass is 16.9. The van der Waals surface area contributed by atoms with Crippen molar-refractivity contribution in [2.24, 2.45) is 5.92 Å². The second-order valence-corrected chi connectivity index (χ2v) is 8.29.